The lowest BCUT2D eigenvalue weighted by atomic mass is 9.91. The Kier molecular flexibility index (Phi) is 4.87. The van der Waals surface area contributed by atoms with E-state index < -0.39 is 41.3 Å². The van der Waals surface area contributed by atoms with Crippen LogP contribution in [-0.4, -0.2) is 22.7 Å². The number of rotatable bonds is 2. The van der Waals surface area contributed by atoms with Crippen LogP contribution < -0.4 is 5.32 Å². The number of nitrogens with zero attached hydrogens (tertiary/aromatic N) is 1. The maximum Gasteiger partial charge on any atom is 0.433 e. The number of para-hydroxylation sites is 1. The summed E-state index contributed by atoms with van der Waals surface area (Å²) in [7, 11) is 0. The van der Waals surface area contributed by atoms with Crippen LogP contribution in [-0.2, 0) is 12.4 Å². The van der Waals surface area contributed by atoms with Crippen molar-refractivity contribution in [2.75, 3.05) is 6.54 Å². The van der Waals surface area contributed by atoms with E-state index in [-0.39, 0.29) is 10.9 Å². The van der Waals surface area contributed by atoms with Crippen LogP contribution in [0.2, 0.25) is 0 Å². The highest BCUT2D eigenvalue weighted by Gasteiger charge is 2.39. The fourth-order valence-corrected chi connectivity index (χ4v) is 3.38. The van der Waals surface area contributed by atoms with E-state index in [1.165, 1.54) is 6.07 Å². The Hall–Kier alpha value is -1.87. The van der Waals surface area contributed by atoms with Gasteiger partial charge in [-0.25, -0.2) is 4.98 Å². The molecule has 142 valence electrons. The van der Waals surface area contributed by atoms with E-state index in [2.05, 4.69) is 4.98 Å². The lowest BCUT2D eigenvalue weighted by Crippen LogP contribution is -2.92. The summed E-state index contributed by atoms with van der Waals surface area (Å²) in [4.78, 5) is 3.23. The van der Waals surface area contributed by atoms with Gasteiger partial charge in [-0.15, -0.1) is 0 Å². The van der Waals surface area contributed by atoms with Gasteiger partial charge in [-0.2, -0.15) is 26.3 Å². The molecule has 9 heteroatoms. The van der Waals surface area contributed by atoms with Gasteiger partial charge in [0.25, 0.3) is 0 Å². The maximum absolute atomic E-state index is 13.2. The molecule has 2 aromatic rings. The topological polar surface area (TPSA) is 49.7 Å². The molecule has 0 aliphatic carbocycles. The van der Waals surface area contributed by atoms with Crippen LogP contribution in [0.25, 0.3) is 10.9 Å². The quantitative estimate of drug-likeness (QED) is 0.786. The number of alkyl halides is 6. The molecule has 0 spiro atoms. The number of pyridine rings is 1. The number of halogens is 6. The Morgan fingerprint density at radius 1 is 1.08 bits per heavy atom. The SMILES string of the molecule is O[C@H](c1cc(C(F)(F)F)nc2c(C(F)(F)F)cccc12)[C@@H]1CCCC[NH2+]1. The van der Waals surface area contributed by atoms with E-state index in [9.17, 15) is 31.4 Å². The zero-order chi connectivity index (χ0) is 19.1. The van der Waals surface area contributed by atoms with Crippen LogP contribution >= 0.6 is 0 Å². The van der Waals surface area contributed by atoms with Gasteiger partial charge in [0.2, 0.25) is 0 Å². The molecule has 0 radical (unpaired) electrons. The van der Waals surface area contributed by atoms with Crippen LogP contribution in [0, 0.1) is 0 Å². The number of quaternary nitrogens is 1. The fraction of sp³-hybridized carbons (Fsp3) is 0.471. The van der Waals surface area contributed by atoms with Crippen molar-refractivity contribution in [3.8, 4) is 0 Å². The van der Waals surface area contributed by atoms with Crippen molar-refractivity contribution in [2.45, 2.75) is 43.8 Å². The van der Waals surface area contributed by atoms with Gasteiger partial charge in [0, 0.05) is 11.8 Å². The number of benzene rings is 1. The van der Waals surface area contributed by atoms with Gasteiger partial charge in [-0.05, 0) is 30.5 Å². The molecule has 1 aliphatic heterocycles. The number of piperidine rings is 1. The van der Waals surface area contributed by atoms with Gasteiger partial charge in [-0.3, -0.25) is 0 Å². The molecule has 0 unspecified atom stereocenters. The zero-order valence-electron chi connectivity index (χ0n) is 13.5. The lowest BCUT2D eigenvalue weighted by Gasteiger charge is -2.26. The summed E-state index contributed by atoms with van der Waals surface area (Å²) in [6, 6.07) is 3.33. The Morgan fingerprint density at radius 2 is 1.81 bits per heavy atom. The molecule has 1 aromatic heterocycles. The van der Waals surface area contributed by atoms with E-state index in [4.69, 9.17) is 0 Å². The predicted octanol–water partition coefficient (Wildman–Crippen LogP) is 3.42. The van der Waals surface area contributed by atoms with Gasteiger partial charge < -0.3 is 10.4 Å². The summed E-state index contributed by atoms with van der Waals surface area (Å²) in [6.07, 6.45) is -8.78. The first-order chi connectivity index (χ1) is 12.1. The van der Waals surface area contributed by atoms with Gasteiger partial charge >= 0.3 is 12.4 Å². The minimum atomic E-state index is -4.92. The van der Waals surface area contributed by atoms with Crippen molar-refractivity contribution in [3.05, 3.63) is 41.1 Å². The Morgan fingerprint density at radius 3 is 2.38 bits per heavy atom. The first kappa shape index (κ1) is 18.9. The number of fused-ring (bicyclic) bond motifs is 1. The average Bonchev–Trinajstić information content (AvgIpc) is 2.58. The first-order valence-electron chi connectivity index (χ1n) is 8.18. The molecule has 2 heterocycles. The molecule has 3 rings (SSSR count). The highest BCUT2D eigenvalue weighted by Crippen LogP contribution is 2.39. The molecule has 0 saturated carbocycles. The molecule has 0 bridgehead atoms. The van der Waals surface area contributed by atoms with Gasteiger partial charge in [0.1, 0.15) is 17.8 Å². The number of hydrogen-bond donors (Lipinski definition) is 2. The third kappa shape index (κ3) is 3.64. The summed E-state index contributed by atoms with van der Waals surface area (Å²) in [5, 5.41) is 12.3. The Bertz CT molecular complexity index is 796. The lowest BCUT2D eigenvalue weighted by molar-refractivity contribution is -0.705. The first-order valence-corrected chi connectivity index (χ1v) is 8.18. The number of aliphatic hydroxyl groups excluding tert-OH is 1. The second-order valence-corrected chi connectivity index (χ2v) is 6.42. The van der Waals surface area contributed by atoms with Crippen molar-refractivity contribution in [1.29, 1.82) is 0 Å². The summed E-state index contributed by atoms with van der Waals surface area (Å²) in [5.41, 5.74) is -3.65. The summed E-state index contributed by atoms with van der Waals surface area (Å²) in [6.45, 7) is 0.713. The molecule has 1 aliphatic rings. The molecule has 1 aromatic carbocycles. The average molecular weight is 379 g/mol. The minimum Gasteiger partial charge on any atom is -0.382 e. The maximum atomic E-state index is 13.2. The van der Waals surface area contributed by atoms with Crippen LogP contribution in [0.15, 0.2) is 24.3 Å². The summed E-state index contributed by atoms with van der Waals surface area (Å²) >= 11 is 0. The predicted molar refractivity (Wildman–Crippen MR) is 81.1 cm³/mol. The number of nitrogens with two attached hydrogens (primary N) is 1. The standard InChI is InChI=1S/C17H16F6N2O/c18-16(19,20)11-5-3-4-9-10(15(26)12-6-1-2-7-24-12)8-13(17(21,22)23)25-14(9)11/h3-5,8,12,15,24,26H,1-2,6-7H2/p+1/t12-,15+/m0/s1. The molecular weight excluding hydrogens is 362 g/mol. The van der Waals surface area contributed by atoms with Crippen molar-refractivity contribution < 1.29 is 36.8 Å². The molecule has 1 fully saturated rings. The Balaban J connectivity index is 2.23. The third-order valence-electron chi connectivity index (χ3n) is 4.65. The highest BCUT2D eigenvalue weighted by atomic mass is 19.4. The number of aromatic nitrogens is 1. The number of hydrogen-bond acceptors (Lipinski definition) is 2. The van der Waals surface area contributed by atoms with E-state index in [1.54, 1.807) is 0 Å². The van der Waals surface area contributed by atoms with Crippen LogP contribution in [0.1, 0.15) is 42.2 Å². The van der Waals surface area contributed by atoms with Crippen molar-refractivity contribution in [3.63, 3.8) is 0 Å². The summed E-state index contributed by atoms with van der Waals surface area (Å²) in [5.74, 6) is 0. The monoisotopic (exact) mass is 379 g/mol. The fourth-order valence-electron chi connectivity index (χ4n) is 3.38. The van der Waals surface area contributed by atoms with E-state index in [0.717, 1.165) is 18.9 Å². The van der Waals surface area contributed by atoms with Gasteiger partial charge in [0.15, 0.2) is 0 Å². The summed E-state index contributed by atoms with van der Waals surface area (Å²) < 4.78 is 79.3. The van der Waals surface area contributed by atoms with Crippen molar-refractivity contribution >= 4 is 10.9 Å². The highest BCUT2D eigenvalue weighted by molar-refractivity contribution is 5.86. The molecule has 26 heavy (non-hydrogen) atoms. The second kappa shape index (κ2) is 6.70. The zero-order valence-corrected chi connectivity index (χ0v) is 13.5. The van der Waals surface area contributed by atoms with Gasteiger partial charge in [-0.1, -0.05) is 12.1 Å². The molecule has 0 amide bonds. The minimum absolute atomic E-state index is 0.112. The molecule has 1 saturated heterocycles. The van der Waals surface area contributed by atoms with E-state index >= 15 is 0 Å². The Labute approximate surface area is 145 Å². The van der Waals surface area contributed by atoms with E-state index in [1.807, 2.05) is 5.32 Å². The van der Waals surface area contributed by atoms with Crippen LogP contribution in [0.5, 0.6) is 0 Å². The molecule has 2 atom stereocenters. The molecule has 3 nitrogen and oxygen atoms in total. The largest absolute Gasteiger partial charge is 0.433 e. The van der Waals surface area contributed by atoms with Crippen LogP contribution in [0.4, 0.5) is 26.3 Å². The van der Waals surface area contributed by atoms with Crippen LogP contribution in [0.3, 0.4) is 0 Å². The molecule has 3 N–H and O–H groups in total. The second-order valence-electron chi connectivity index (χ2n) is 6.42. The van der Waals surface area contributed by atoms with Crippen molar-refractivity contribution in [1.82, 2.24) is 4.98 Å². The van der Waals surface area contributed by atoms with Gasteiger partial charge in [0.05, 0.1) is 17.6 Å². The van der Waals surface area contributed by atoms with Crippen molar-refractivity contribution in [2.24, 2.45) is 0 Å². The number of aliphatic hydroxyl groups is 1. The normalized spacial score (nSPS) is 20.3. The smallest absolute Gasteiger partial charge is 0.382 e. The molecular formula is C17H17F6N2O+. The third-order valence-corrected chi connectivity index (χ3v) is 4.65. The van der Waals surface area contributed by atoms with E-state index in [0.29, 0.717) is 25.1 Å².